The minimum atomic E-state index is -0.808. The molecule has 0 saturated heterocycles. The fourth-order valence-electron chi connectivity index (χ4n) is 1.87. The van der Waals surface area contributed by atoms with Crippen LogP contribution in [0.2, 0.25) is 0 Å². The van der Waals surface area contributed by atoms with Crippen LogP contribution in [-0.2, 0) is 11.2 Å². The molecule has 0 heterocycles. The maximum Gasteiger partial charge on any atom is 0.307 e. The van der Waals surface area contributed by atoms with Gasteiger partial charge in [0.1, 0.15) is 0 Å². The normalized spacial score (nSPS) is 10.7. The van der Waals surface area contributed by atoms with E-state index >= 15 is 0 Å². The first-order valence-corrected chi connectivity index (χ1v) is 6.25. The highest BCUT2D eigenvalue weighted by molar-refractivity contribution is 5.70. The monoisotopic (exact) mass is 252 g/mol. The molecule has 0 bridgehead atoms. The predicted octanol–water partition coefficient (Wildman–Crippen LogP) is 3.77. The quantitative estimate of drug-likeness (QED) is 0.879. The molecule has 2 nitrogen and oxygen atoms in total. The molecule has 0 aliphatic heterocycles. The molecule has 0 saturated carbocycles. The second kappa shape index (κ2) is 6.55. The number of carboxylic acids is 1. The summed E-state index contributed by atoms with van der Waals surface area (Å²) in [7, 11) is 0. The number of aliphatic carboxylic acids is 1. The predicted molar refractivity (Wildman–Crippen MR) is 77.0 cm³/mol. The zero-order valence-electron chi connectivity index (χ0n) is 10.6. The van der Waals surface area contributed by atoms with Crippen LogP contribution in [0.5, 0.6) is 0 Å². The van der Waals surface area contributed by atoms with Crippen LogP contribution in [0.15, 0.2) is 60.7 Å². The van der Waals surface area contributed by atoms with E-state index in [2.05, 4.69) is 24.3 Å². The first-order chi connectivity index (χ1) is 9.24. The maximum atomic E-state index is 10.4. The summed E-state index contributed by atoms with van der Waals surface area (Å²) in [4.78, 5) is 10.4. The second-order valence-electron chi connectivity index (χ2n) is 4.40. The van der Waals surface area contributed by atoms with Crippen LogP contribution in [0, 0.1) is 0 Å². The fourth-order valence-corrected chi connectivity index (χ4v) is 1.87. The number of carbonyl (C=O) groups is 1. The largest absolute Gasteiger partial charge is 0.481 e. The van der Waals surface area contributed by atoms with Gasteiger partial charge in [0.25, 0.3) is 0 Å². The number of benzene rings is 2. The Morgan fingerprint density at radius 3 is 2.21 bits per heavy atom. The van der Waals surface area contributed by atoms with E-state index in [1.807, 2.05) is 36.4 Å². The van der Waals surface area contributed by atoms with Crippen LogP contribution in [0.1, 0.15) is 23.1 Å². The van der Waals surface area contributed by atoms with E-state index in [-0.39, 0.29) is 6.42 Å². The zero-order valence-corrected chi connectivity index (χ0v) is 10.6. The average Bonchev–Trinajstić information content (AvgIpc) is 2.42. The number of hydrogen-bond acceptors (Lipinski definition) is 1. The Kier molecular flexibility index (Phi) is 4.51. The van der Waals surface area contributed by atoms with Crippen LogP contribution >= 0.6 is 0 Å². The molecule has 19 heavy (non-hydrogen) atoms. The molecule has 2 heteroatoms. The van der Waals surface area contributed by atoms with E-state index in [9.17, 15) is 4.79 Å². The van der Waals surface area contributed by atoms with Gasteiger partial charge >= 0.3 is 5.97 Å². The van der Waals surface area contributed by atoms with E-state index in [4.69, 9.17) is 5.11 Å². The van der Waals surface area contributed by atoms with Crippen molar-refractivity contribution < 1.29 is 9.90 Å². The summed E-state index contributed by atoms with van der Waals surface area (Å²) in [6.45, 7) is 0. The smallest absolute Gasteiger partial charge is 0.307 e. The van der Waals surface area contributed by atoms with Crippen LogP contribution in [0.3, 0.4) is 0 Å². The lowest BCUT2D eigenvalue weighted by molar-refractivity contribution is -0.135. The summed E-state index contributed by atoms with van der Waals surface area (Å²) in [5.74, 6) is -0.808. The van der Waals surface area contributed by atoms with Crippen molar-refractivity contribution in [2.24, 2.45) is 0 Å². The molecule has 0 radical (unpaired) electrons. The molecule has 0 fully saturated rings. The molecule has 2 aromatic rings. The van der Waals surface area contributed by atoms with Gasteiger partial charge in [-0.2, -0.15) is 0 Å². The molecular formula is C17H16O2. The fraction of sp³-hybridized carbons (Fsp3) is 0.118. The average molecular weight is 252 g/mol. The van der Waals surface area contributed by atoms with Crippen LogP contribution in [-0.4, -0.2) is 11.1 Å². The maximum absolute atomic E-state index is 10.4. The first-order valence-electron chi connectivity index (χ1n) is 6.25. The molecule has 0 aliphatic rings. The van der Waals surface area contributed by atoms with Gasteiger partial charge in [-0.15, -0.1) is 0 Å². The number of carboxylic acid groups (broad SMARTS) is 1. The van der Waals surface area contributed by atoms with Crippen LogP contribution < -0.4 is 0 Å². The summed E-state index contributed by atoms with van der Waals surface area (Å²) in [5, 5.41) is 8.55. The van der Waals surface area contributed by atoms with Crippen molar-refractivity contribution in [2.75, 3.05) is 0 Å². The van der Waals surface area contributed by atoms with Crippen LogP contribution in [0.25, 0.3) is 6.08 Å². The summed E-state index contributed by atoms with van der Waals surface area (Å²) < 4.78 is 0. The van der Waals surface area contributed by atoms with Crippen LogP contribution in [0.4, 0.5) is 0 Å². The molecule has 0 amide bonds. The first kappa shape index (κ1) is 13.1. The van der Waals surface area contributed by atoms with Gasteiger partial charge in [0.2, 0.25) is 0 Å². The third-order valence-electron chi connectivity index (χ3n) is 2.83. The van der Waals surface area contributed by atoms with E-state index in [0.29, 0.717) is 0 Å². The Morgan fingerprint density at radius 2 is 1.58 bits per heavy atom. The molecule has 2 aromatic carbocycles. The molecular weight excluding hydrogens is 236 g/mol. The molecule has 0 unspecified atom stereocenters. The molecule has 0 spiro atoms. The van der Waals surface area contributed by atoms with Gasteiger partial charge in [-0.05, 0) is 23.1 Å². The minimum absolute atomic E-state index is 0.0613. The summed E-state index contributed by atoms with van der Waals surface area (Å²) in [6.07, 6.45) is 4.47. The van der Waals surface area contributed by atoms with Gasteiger partial charge in [0, 0.05) is 0 Å². The lowest BCUT2D eigenvalue weighted by Crippen LogP contribution is -1.90. The Hall–Kier alpha value is -2.35. The van der Waals surface area contributed by atoms with Crippen molar-refractivity contribution >= 4 is 12.0 Å². The van der Waals surface area contributed by atoms with Gasteiger partial charge in [-0.1, -0.05) is 66.7 Å². The third kappa shape index (κ3) is 4.43. The summed E-state index contributed by atoms with van der Waals surface area (Å²) >= 11 is 0. The Balaban J connectivity index is 1.98. The molecule has 0 aromatic heterocycles. The lowest BCUT2D eigenvalue weighted by atomic mass is 10.0. The van der Waals surface area contributed by atoms with Crippen molar-refractivity contribution in [3.8, 4) is 0 Å². The molecule has 2 rings (SSSR count). The minimum Gasteiger partial charge on any atom is -0.481 e. The Bertz CT molecular complexity index is 554. The van der Waals surface area contributed by atoms with Crippen molar-refractivity contribution in [2.45, 2.75) is 12.8 Å². The van der Waals surface area contributed by atoms with Crippen molar-refractivity contribution in [3.05, 3.63) is 77.4 Å². The second-order valence-corrected chi connectivity index (χ2v) is 4.40. The Morgan fingerprint density at radius 1 is 0.947 bits per heavy atom. The Labute approximate surface area is 113 Å². The molecule has 1 N–H and O–H groups in total. The van der Waals surface area contributed by atoms with E-state index in [1.54, 1.807) is 6.08 Å². The number of rotatable bonds is 5. The van der Waals surface area contributed by atoms with Crippen molar-refractivity contribution in [1.29, 1.82) is 0 Å². The highest BCUT2D eigenvalue weighted by Gasteiger charge is 1.96. The summed E-state index contributed by atoms with van der Waals surface area (Å²) in [5.41, 5.74) is 3.57. The van der Waals surface area contributed by atoms with E-state index in [1.165, 1.54) is 11.1 Å². The van der Waals surface area contributed by atoms with Gasteiger partial charge < -0.3 is 5.11 Å². The van der Waals surface area contributed by atoms with Crippen molar-refractivity contribution in [1.82, 2.24) is 0 Å². The molecule has 96 valence electrons. The standard InChI is InChI=1S/C17H16O2/c18-17(19)8-4-7-14-9-11-16(12-10-14)13-15-5-2-1-3-6-15/h1-7,9-12H,8,13H2,(H,18,19)/b7-4+. The van der Waals surface area contributed by atoms with Gasteiger partial charge in [0.05, 0.1) is 6.42 Å². The molecule has 0 atom stereocenters. The van der Waals surface area contributed by atoms with Gasteiger partial charge in [-0.3, -0.25) is 4.79 Å². The zero-order chi connectivity index (χ0) is 13.5. The number of hydrogen-bond donors (Lipinski definition) is 1. The SMILES string of the molecule is O=C(O)C/C=C/c1ccc(Cc2ccccc2)cc1. The summed E-state index contributed by atoms with van der Waals surface area (Å²) in [6, 6.07) is 18.5. The van der Waals surface area contributed by atoms with Crippen molar-refractivity contribution in [3.63, 3.8) is 0 Å². The highest BCUT2D eigenvalue weighted by Crippen LogP contribution is 2.11. The van der Waals surface area contributed by atoms with Gasteiger partial charge in [0.15, 0.2) is 0 Å². The third-order valence-corrected chi connectivity index (χ3v) is 2.83. The van der Waals surface area contributed by atoms with E-state index in [0.717, 1.165) is 12.0 Å². The molecule has 0 aliphatic carbocycles. The van der Waals surface area contributed by atoms with Gasteiger partial charge in [-0.25, -0.2) is 0 Å². The topological polar surface area (TPSA) is 37.3 Å². The highest BCUT2D eigenvalue weighted by atomic mass is 16.4. The lowest BCUT2D eigenvalue weighted by Gasteiger charge is -2.02. The van der Waals surface area contributed by atoms with E-state index < -0.39 is 5.97 Å².